The number of fused-ring (bicyclic) bond motifs is 1. The third-order valence-electron chi connectivity index (χ3n) is 4.74. The molecule has 0 saturated carbocycles. The first-order chi connectivity index (χ1) is 13.9. The Morgan fingerprint density at radius 2 is 2.00 bits per heavy atom. The van der Waals surface area contributed by atoms with Crippen LogP contribution in [0.1, 0.15) is 52.5 Å². The van der Waals surface area contributed by atoms with Crippen molar-refractivity contribution < 1.29 is 19.2 Å². The van der Waals surface area contributed by atoms with E-state index in [0.29, 0.717) is 10.6 Å². The van der Waals surface area contributed by atoms with Crippen LogP contribution in [0.5, 0.6) is 0 Å². The van der Waals surface area contributed by atoms with E-state index in [-0.39, 0.29) is 11.3 Å². The fourth-order valence-electron chi connectivity index (χ4n) is 3.25. The number of para-hydroxylation sites is 1. The Morgan fingerprint density at radius 1 is 1.28 bits per heavy atom. The molecule has 0 fully saturated rings. The van der Waals surface area contributed by atoms with E-state index in [9.17, 15) is 25.0 Å². The van der Waals surface area contributed by atoms with Crippen LogP contribution in [0, 0.1) is 21.4 Å². The molecule has 2 aromatic rings. The lowest BCUT2D eigenvalue weighted by Crippen LogP contribution is -2.30. The minimum Gasteiger partial charge on any atom is -0.449 e. The average molecular weight is 413 g/mol. The Balaban J connectivity index is 1.73. The molecule has 1 N–H and O–H groups in total. The molecular weight excluding hydrogens is 394 g/mol. The number of rotatable bonds is 5. The van der Waals surface area contributed by atoms with Gasteiger partial charge < -0.3 is 10.1 Å². The summed E-state index contributed by atoms with van der Waals surface area (Å²) in [5.74, 6) is -1.55. The van der Waals surface area contributed by atoms with Gasteiger partial charge in [-0.25, -0.2) is 4.79 Å². The Kier molecular flexibility index (Phi) is 6.24. The van der Waals surface area contributed by atoms with Crippen LogP contribution in [0.15, 0.2) is 24.3 Å². The van der Waals surface area contributed by atoms with E-state index in [2.05, 4.69) is 11.4 Å². The van der Waals surface area contributed by atoms with Crippen LogP contribution in [0.3, 0.4) is 0 Å². The minimum atomic E-state index is -1.18. The molecule has 0 saturated heterocycles. The van der Waals surface area contributed by atoms with Gasteiger partial charge in [0.05, 0.1) is 10.5 Å². The summed E-state index contributed by atoms with van der Waals surface area (Å²) < 4.78 is 5.12. The van der Waals surface area contributed by atoms with E-state index in [1.165, 1.54) is 42.5 Å². The van der Waals surface area contributed by atoms with Crippen molar-refractivity contribution in [3.63, 3.8) is 0 Å². The summed E-state index contributed by atoms with van der Waals surface area (Å²) in [6.07, 6.45) is 3.69. The van der Waals surface area contributed by atoms with Gasteiger partial charge >= 0.3 is 5.97 Å². The van der Waals surface area contributed by atoms with Gasteiger partial charge in [-0.3, -0.25) is 14.9 Å². The highest BCUT2D eigenvalue weighted by Gasteiger charge is 2.27. The van der Waals surface area contributed by atoms with Crippen LogP contribution in [0.2, 0.25) is 0 Å². The number of esters is 1. The minimum absolute atomic E-state index is 0.224. The number of hydrogen-bond donors (Lipinski definition) is 1. The molecule has 9 heteroatoms. The maximum absolute atomic E-state index is 12.5. The number of nitrogens with one attached hydrogen (secondary N) is 1. The SMILES string of the molecule is CC(OC(=O)c1ccccc1[N+](=O)[O-])C(=O)Nc1sc2c(c1C#N)CCCCC2. The smallest absolute Gasteiger partial charge is 0.345 e. The van der Waals surface area contributed by atoms with Gasteiger partial charge in [0, 0.05) is 10.9 Å². The van der Waals surface area contributed by atoms with Gasteiger partial charge in [0.1, 0.15) is 16.6 Å². The van der Waals surface area contributed by atoms with E-state index < -0.39 is 22.9 Å². The average Bonchev–Trinajstić information content (AvgIpc) is 2.86. The van der Waals surface area contributed by atoms with Gasteiger partial charge in [-0.05, 0) is 44.2 Å². The highest BCUT2D eigenvalue weighted by Crippen LogP contribution is 2.37. The number of aryl methyl sites for hydroxylation is 1. The molecule has 1 atom stereocenters. The molecule has 1 aliphatic carbocycles. The number of nitro benzene ring substituents is 1. The van der Waals surface area contributed by atoms with Crippen molar-refractivity contribution in [2.45, 2.75) is 45.1 Å². The van der Waals surface area contributed by atoms with Crippen LogP contribution < -0.4 is 5.32 Å². The topological polar surface area (TPSA) is 122 Å². The highest BCUT2D eigenvalue weighted by atomic mass is 32.1. The molecule has 0 spiro atoms. The number of thiophene rings is 1. The molecule has 1 aromatic carbocycles. The number of nitrogens with zero attached hydrogens (tertiary/aromatic N) is 2. The molecule has 8 nitrogen and oxygen atoms in total. The van der Waals surface area contributed by atoms with Crippen molar-refractivity contribution in [2.24, 2.45) is 0 Å². The number of anilines is 1. The van der Waals surface area contributed by atoms with Crippen LogP contribution in [-0.2, 0) is 22.4 Å². The normalized spacial score (nSPS) is 14.1. The summed E-state index contributed by atoms with van der Waals surface area (Å²) in [5, 5.41) is 23.7. The Morgan fingerprint density at radius 3 is 2.72 bits per heavy atom. The van der Waals surface area contributed by atoms with E-state index in [0.717, 1.165) is 42.5 Å². The van der Waals surface area contributed by atoms with Gasteiger partial charge in [0.15, 0.2) is 6.10 Å². The van der Waals surface area contributed by atoms with Crippen LogP contribution >= 0.6 is 11.3 Å². The number of hydrogen-bond acceptors (Lipinski definition) is 7. The second kappa shape index (κ2) is 8.84. The maximum atomic E-state index is 12.5. The molecule has 0 aliphatic heterocycles. The number of nitriles is 1. The summed E-state index contributed by atoms with van der Waals surface area (Å²) >= 11 is 1.38. The first-order valence-electron chi connectivity index (χ1n) is 9.22. The van der Waals surface area contributed by atoms with Crippen molar-refractivity contribution in [2.75, 3.05) is 5.32 Å². The van der Waals surface area contributed by atoms with Gasteiger partial charge in [0.25, 0.3) is 11.6 Å². The molecule has 1 unspecified atom stereocenters. The van der Waals surface area contributed by atoms with Gasteiger partial charge in [-0.1, -0.05) is 18.6 Å². The first kappa shape index (κ1) is 20.5. The predicted molar refractivity (Wildman–Crippen MR) is 107 cm³/mol. The molecule has 0 radical (unpaired) electrons. The standard InChI is InChI=1S/C20H19N3O5S/c1-12(28-20(25)14-8-5-6-9-16(14)23(26)27)18(24)22-19-15(11-21)13-7-3-2-4-10-17(13)29-19/h5-6,8-9,12H,2-4,7,10H2,1H3,(H,22,24). The van der Waals surface area contributed by atoms with E-state index in [4.69, 9.17) is 4.74 Å². The molecule has 1 amide bonds. The molecule has 150 valence electrons. The third-order valence-corrected chi connectivity index (χ3v) is 5.95. The van der Waals surface area contributed by atoms with Gasteiger partial charge in [-0.2, -0.15) is 5.26 Å². The maximum Gasteiger partial charge on any atom is 0.345 e. The summed E-state index contributed by atoms with van der Waals surface area (Å²) in [6.45, 7) is 1.38. The van der Waals surface area contributed by atoms with Crippen molar-refractivity contribution in [1.29, 1.82) is 5.26 Å². The molecule has 29 heavy (non-hydrogen) atoms. The Labute approximate surface area is 171 Å². The van der Waals surface area contributed by atoms with Crippen molar-refractivity contribution in [3.8, 4) is 6.07 Å². The summed E-state index contributed by atoms with van der Waals surface area (Å²) in [7, 11) is 0. The van der Waals surface area contributed by atoms with Gasteiger partial charge in [0.2, 0.25) is 0 Å². The Bertz CT molecular complexity index is 1010. The van der Waals surface area contributed by atoms with E-state index >= 15 is 0 Å². The number of nitro groups is 1. The molecule has 0 bridgehead atoms. The quantitative estimate of drug-likeness (QED) is 0.342. The molecule has 3 rings (SSSR count). The molecular formula is C20H19N3O5S. The zero-order valence-electron chi connectivity index (χ0n) is 15.8. The second-order valence-electron chi connectivity index (χ2n) is 6.69. The zero-order valence-corrected chi connectivity index (χ0v) is 16.6. The third kappa shape index (κ3) is 4.43. The first-order valence-corrected chi connectivity index (χ1v) is 10.0. The van der Waals surface area contributed by atoms with Gasteiger partial charge in [-0.15, -0.1) is 11.3 Å². The lowest BCUT2D eigenvalue weighted by molar-refractivity contribution is -0.385. The molecule has 1 aromatic heterocycles. The lowest BCUT2D eigenvalue weighted by Gasteiger charge is -2.13. The monoisotopic (exact) mass is 413 g/mol. The number of benzene rings is 1. The number of carbonyl (C=O) groups is 2. The number of ether oxygens (including phenoxy) is 1. The summed E-state index contributed by atoms with van der Waals surface area (Å²) in [5.41, 5.74) is 0.851. The fourth-order valence-corrected chi connectivity index (χ4v) is 4.49. The molecule has 1 heterocycles. The summed E-state index contributed by atoms with van der Waals surface area (Å²) in [4.78, 5) is 36.3. The van der Waals surface area contributed by atoms with Crippen LogP contribution in [-0.4, -0.2) is 22.9 Å². The largest absolute Gasteiger partial charge is 0.449 e. The van der Waals surface area contributed by atoms with Crippen molar-refractivity contribution >= 4 is 33.9 Å². The zero-order chi connectivity index (χ0) is 21.0. The predicted octanol–water partition coefficient (Wildman–Crippen LogP) is 3.98. The number of amides is 1. The lowest BCUT2D eigenvalue weighted by atomic mass is 10.1. The van der Waals surface area contributed by atoms with Crippen LogP contribution in [0.25, 0.3) is 0 Å². The molecule has 1 aliphatic rings. The van der Waals surface area contributed by atoms with Crippen molar-refractivity contribution in [3.05, 3.63) is 55.9 Å². The second-order valence-corrected chi connectivity index (χ2v) is 7.80. The van der Waals surface area contributed by atoms with Crippen LogP contribution in [0.4, 0.5) is 10.7 Å². The van der Waals surface area contributed by atoms with E-state index in [1.54, 1.807) is 0 Å². The Hall–Kier alpha value is -3.25. The fraction of sp³-hybridized carbons (Fsp3) is 0.350. The highest BCUT2D eigenvalue weighted by molar-refractivity contribution is 7.16. The summed E-state index contributed by atoms with van der Waals surface area (Å²) in [6, 6.07) is 7.56. The van der Waals surface area contributed by atoms with Crippen molar-refractivity contribution in [1.82, 2.24) is 0 Å². The van der Waals surface area contributed by atoms with E-state index in [1.807, 2.05) is 0 Å². The number of carbonyl (C=O) groups excluding carboxylic acids is 2.